The van der Waals surface area contributed by atoms with Crippen LogP contribution in [0.15, 0.2) is 77.8 Å². The first-order chi connectivity index (χ1) is 16.4. The molecule has 0 aliphatic carbocycles. The first-order valence-corrected chi connectivity index (χ1v) is 12.0. The number of carbonyl (C=O) groups excluding carboxylic acids is 2. The zero-order valence-corrected chi connectivity index (χ0v) is 20.0. The molecule has 0 unspecified atom stereocenters. The van der Waals surface area contributed by atoms with Crippen LogP contribution in [0.1, 0.15) is 16.7 Å². The number of hydrogen-bond donors (Lipinski definition) is 0. The van der Waals surface area contributed by atoms with Crippen LogP contribution in [0.5, 0.6) is 0 Å². The standard InChI is InChI=1S/C26H17Cl2FN2O2S/c27-18-6-3-5-16(11-18)13-31-25(32)24(34-26(31)33)12-17-14-30(23-10-2-1-7-19(17)23)15-20-21(28)8-4-9-22(20)29/h1-12,14H,13,15H2/b24-12-. The number of hydrogen-bond acceptors (Lipinski definition) is 3. The van der Waals surface area contributed by atoms with E-state index in [-0.39, 0.29) is 30.1 Å². The minimum Gasteiger partial charge on any atom is -0.342 e. The second kappa shape index (κ2) is 9.29. The quantitative estimate of drug-likeness (QED) is 0.263. The van der Waals surface area contributed by atoms with Gasteiger partial charge in [-0.15, -0.1) is 0 Å². The third kappa shape index (κ3) is 4.37. The van der Waals surface area contributed by atoms with E-state index in [0.29, 0.717) is 20.5 Å². The van der Waals surface area contributed by atoms with Gasteiger partial charge in [-0.25, -0.2) is 4.39 Å². The molecule has 5 rings (SSSR count). The fourth-order valence-corrected chi connectivity index (χ4v) is 5.23. The third-order valence-electron chi connectivity index (χ3n) is 5.60. The van der Waals surface area contributed by atoms with Crippen molar-refractivity contribution in [2.75, 3.05) is 0 Å². The zero-order valence-electron chi connectivity index (χ0n) is 17.7. The minimum atomic E-state index is -0.381. The van der Waals surface area contributed by atoms with E-state index in [2.05, 4.69) is 0 Å². The maximum Gasteiger partial charge on any atom is 0.293 e. The van der Waals surface area contributed by atoms with Crippen LogP contribution >= 0.6 is 35.0 Å². The summed E-state index contributed by atoms with van der Waals surface area (Å²) in [4.78, 5) is 27.2. The minimum absolute atomic E-state index is 0.149. The molecule has 1 aromatic heterocycles. The Bertz CT molecular complexity index is 1460. The largest absolute Gasteiger partial charge is 0.342 e. The second-order valence-electron chi connectivity index (χ2n) is 7.83. The Kier molecular flexibility index (Phi) is 6.21. The first-order valence-electron chi connectivity index (χ1n) is 10.4. The van der Waals surface area contributed by atoms with Crippen molar-refractivity contribution in [2.24, 2.45) is 0 Å². The Hall–Kier alpha value is -3.06. The molecule has 4 aromatic rings. The lowest BCUT2D eigenvalue weighted by atomic mass is 10.1. The normalized spacial score (nSPS) is 15.1. The number of thioether (sulfide) groups is 1. The number of para-hydroxylation sites is 1. The summed E-state index contributed by atoms with van der Waals surface area (Å²) < 4.78 is 16.3. The predicted octanol–water partition coefficient (Wildman–Crippen LogP) is 7.37. The molecule has 4 nitrogen and oxygen atoms in total. The molecular weight excluding hydrogens is 494 g/mol. The Labute approximate surface area is 209 Å². The number of aromatic nitrogens is 1. The van der Waals surface area contributed by atoms with Crippen LogP contribution in [0.2, 0.25) is 10.0 Å². The maximum atomic E-state index is 14.4. The summed E-state index contributed by atoms with van der Waals surface area (Å²) in [6, 6.07) is 19.3. The monoisotopic (exact) mass is 510 g/mol. The van der Waals surface area contributed by atoms with Crippen molar-refractivity contribution in [1.82, 2.24) is 9.47 Å². The summed E-state index contributed by atoms with van der Waals surface area (Å²) in [5.74, 6) is -0.738. The average Bonchev–Trinajstić information content (AvgIpc) is 3.29. The molecule has 3 aromatic carbocycles. The van der Waals surface area contributed by atoms with Gasteiger partial charge in [0, 0.05) is 38.3 Å². The van der Waals surface area contributed by atoms with E-state index >= 15 is 0 Å². The number of halogens is 3. The van der Waals surface area contributed by atoms with Crippen LogP contribution in [0.25, 0.3) is 17.0 Å². The molecule has 0 N–H and O–H groups in total. The molecule has 8 heteroatoms. The fourth-order valence-electron chi connectivity index (χ4n) is 3.97. The molecule has 34 heavy (non-hydrogen) atoms. The van der Waals surface area contributed by atoms with Gasteiger partial charge in [0.15, 0.2) is 0 Å². The predicted molar refractivity (Wildman–Crippen MR) is 135 cm³/mol. The molecule has 0 bridgehead atoms. The van der Waals surface area contributed by atoms with E-state index < -0.39 is 0 Å². The summed E-state index contributed by atoms with van der Waals surface area (Å²) >= 11 is 13.2. The number of carbonyl (C=O) groups is 2. The van der Waals surface area contributed by atoms with Crippen molar-refractivity contribution in [3.63, 3.8) is 0 Å². The first kappa shape index (κ1) is 22.7. The van der Waals surface area contributed by atoms with Gasteiger partial charge in [-0.2, -0.15) is 0 Å². The summed E-state index contributed by atoms with van der Waals surface area (Å²) in [6.07, 6.45) is 3.56. The lowest BCUT2D eigenvalue weighted by Gasteiger charge is -2.12. The molecule has 1 saturated heterocycles. The van der Waals surface area contributed by atoms with E-state index in [1.54, 1.807) is 36.4 Å². The number of fused-ring (bicyclic) bond motifs is 1. The highest BCUT2D eigenvalue weighted by molar-refractivity contribution is 8.18. The highest BCUT2D eigenvalue weighted by Gasteiger charge is 2.35. The van der Waals surface area contributed by atoms with E-state index in [4.69, 9.17) is 23.2 Å². The number of imide groups is 1. The molecule has 1 aliphatic rings. The average molecular weight is 511 g/mol. The van der Waals surface area contributed by atoms with Gasteiger partial charge in [0.25, 0.3) is 11.1 Å². The number of amides is 2. The van der Waals surface area contributed by atoms with Crippen LogP contribution in [-0.4, -0.2) is 20.6 Å². The van der Waals surface area contributed by atoms with Crippen molar-refractivity contribution >= 4 is 63.1 Å². The van der Waals surface area contributed by atoms with E-state index in [1.165, 1.54) is 11.0 Å². The Balaban J connectivity index is 1.48. The van der Waals surface area contributed by atoms with Gasteiger partial charge >= 0.3 is 0 Å². The summed E-state index contributed by atoms with van der Waals surface area (Å²) in [6.45, 7) is 0.381. The van der Waals surface area contributed by atoms with E-state index in [0.717, 1.165) is 33.8 Å². The van der Waals surface area contributed by atoms with Crippen LogP contribution in [0, 0.1) is 5.82 Å². The smallest absolute Gasteiger partial charge is 0.293 e. The zero-order chi connectivity index (χ0) is 23.8. The maximum absolute atomic E-state index is 14.4. The summed E-state index contributed by atoms with van der Waals surface area (Å²) in [5, 5.41) is 1.44. The van der Waals surface area contributed by atoms with Crippen molar-refractivity contribution in [2.45, 2.75) is 13.1 Å². The number of rotatable bonds is 5. The van der Waals surface area contributed by atoms with Gasteiger partial charge in [0.2, 0.25) is 0 Å². The Morgan fingerprint density at radius 1 is 0.941 bits per heavy atom. The van der Waals surface area contributed by atoms with E-state index in [9.17, 15) is 14.0 Å². The van der Waals surface area contributed by atoms with Crippen LogP contribution in [0.3, 0.4) is 0 Å². The molecule has 0 saturated carbocycles. The van der Waals surface area contributed by atoms with Crippen molar-refractivity contribution < 1.29 is 14.0 Å². The van der Waals surface area contributed by atoms with Crippen LogP contribution < -0.4 is 0 Å². The summed E-state index contributed by atoms with van der Waals surface area (Å²) in [5.41, 5.74) is 2.79. The van der Waals surface area contributed by atoms with Gasteiger partial charge in [-0.05, 0) is 53.7 Å². The second-order valence-corrected chi connectivity index (χ2v) is 9.66. The van der Waals surface area contributed by atoms with Gasteiger partial charge in [0.1, 0.15) is 5.82 Å². The number of nitrogens with zero attached hydrogens (tertiary/aromatic N) is 2. The molecule has 170 valence electrons. The van der Waals surface area contributed by atoms with Gasteiger partial charge in [-0.3, -0.25) is 14.5 Å². The molecule has 2 amide bonds. The lowest BCUT2D eigenvalue weighted by Crippen LogP contribution is -2.27. The molecule has 0 atom stereocenters. The Morgan fingerprint density at radius 3 is 2.53 bits per heavy atom. The van der Waals surface area contributed by atoms with Gasteiger partial charge in [-0.1, -0.05) is 59.6 Å². The molecule has 1 fully saturated rings. The van der Waals surface area contributed by atoms with E-state index in [1.807, 2.05) is 41.1 Å². The fraction of sp³-hybridized carbons (Fsp3) is 0.0769. The van der Waals surface area contributed by atoms with Crippen LogP contribution in [-0.2, 0) is 17.9 Å². The molecule has 2 heterocycles. The lowest BCUT2D eigenvalue weighted by molar-refractivity contribution is -0.123. The SMILES string of the molecule is O=C1S/C(=C\c2cn(Cc3c(F)cccc3Cl)c3ccccc23)C(=O)N1Cc1cccc(Cl)c1. The molecular formula is C26H17Cl2FN2O2S. The van der Waals surface area contributed by atoms with Crippen LogP contribution in [0.4, 0.5) is 9.18 Å². The molecule has 0 radical (unpaired) electrons. The van der Waals surface area contributed by atoms with Gasteiger partial charge < -0.3 is 4.57 Å². The van der Waals surface area contributed by atoms with Crippen molar-refractivity contribution in [1.29, 1.82) is 0 Å². The molecule has 0 spiro atoms. The third-order valence-corrected chi connectivity index (χ3v) is 7.10. The highest BCUT2D eigenvalue weighted by Crippen LogP contribution is 2.35. The van der Waals surface area contributed by atoms with Gasteiger partial charge in [0.05, 0.1) is 18.0 Å². The Morgan fingerprint density at radius 2 is 1.74 bits per heavy atom. The summed E-state index contributed by atoms with van der Waals surface area (Å²) in [7, 11) is 0. The van der Waals surface area contributed by atoms with Crippen molar-refractivity contribution in [3.8, 4) is 0 Å². The highest BCUT2D eigenvalue weighted by atomic mass is 35.5. The molecule has 1 aliphatic heterocycles. The number of benzene rings is 3. The topological polar surface area (TPSA) is 42.3 Å². The van der Waals surface area contributed by atoms with Crippen molar-refractivity contribution in [3.05, 3.63) is 110 Å².